The lowest BCUT2D eigenvalue weighted by Crippen LogP contribution is -2.26. The van der Waals surface area contributed by atoms with Crippen LogP contribution in [0.5, 0.6) is 0 Å². The van der Waals surface area contributed by atoms with E-state index in [1.54, 1.807) is 0 Å². The van der Waals surface area contributed by atoms with Gasteiger partial charge in [-0.05, 0) is 19.4 Å². The molecule has 1 aromatic heterocycles. The molecule has 2 aromatic rings. The number of carbonyl (C=O) groups is 1. The summed E-state index contributed by atoms with van der Waals surface area (Å²) in [5.74, 6) is 0.123. The summed E-state index contributed by atoms with van der Waals surface area (Å²) in [6.07, 6.45) is 1.76. The molecule has 4 heteroatoms. The van der Waals surface area contributed by atoms with Crippen LogP contribution in [-0.4, -0.2) is 28.3 Å². The molecule has 1 atom stereocenters. The van der Waals surface area contributed by atoms with Crippen molar-refractivity contribution in [3.8, 4) is 0 Å². The van der Waals surface area contributed by atoms with Gasteiger partial charge >= 0.3 is 0 Å². The van der Waals surface area contributed by atoms with Gasteiger partial charge in [-0.15, -0.1) is 0 Å². The molecule has 0 saturated heterocycles. The minimum atomic E-state index is -0.300. The minimum Gasteiger partial charge on any atom is -0.371 e. The maximum absolute atomic E-state index is 12.4. The van der Waals surface area contributed by atoms with Gasteiger partial charge in [0.15, 0.2) is 5.78 Å². The topological polar surface area (TPSA) is 44.1 Å². The smallest absolute Gasteiger partial charge is 0.167 e. The number of para-hydroxylation sites is 1. The summed E-state index contributed by atoms with van der Waals surface area (Å²) < 4.78 is 7.38. The van der Waals surface area contributed by atoms with E-state index in [1.807, 2.05) is 42.9 Å². The van der Waals surface area contributed by atoms with E-state index in [9.17, 15) is 4.79 Å². The molecule has 0 bridgehead atoms. The molecule has 0 N–H and O–H groups in total. The molecule has 1 unspecified atom stereocenters. The molecule has 20 heavy (non-hydrogen) atoms. The first-order valence-corrected chi connectivity index (χ1v) is 7.22. The van der Waals surface area contributed by atoms with Gasteiger partial charge in [0.05, 0.1) is 17.6 Å². The van der Waals surface area contributed by atoms with E-state index in [0.717, 1.165) is 29.4 Å². The van der Waals surface area contributed by atoms with Crippen LogP contribution in [0.2, 0.25) is 0 Å². The molecule has 0 fully saturated rings. The summed E-state index contributed by atoms with van der Waals surface area (Å²) in [5, 5.41) is 5.52. The monoisotopic (exact) mass is 274 g/mol. The average molecular weight is 274 g/mol. The van der Waals surface area contributed by atoms with Crippen LogP contribution in [0.25, 0.3) is 10.9 Å². The lowest BCUT2D eigenvalue weighted by molar-refractivity contribution is -0.130. The summed E-state index contributed by atoms with van der Waals surface area (Å²) >= 11 is 0. The number of Topliss-reactive ketones (excluding diaryl/α,β-unsaturated/α-hetero) is 1. The lowest BCUT2D eigenvalue weighted by Gasteiger charge is -2.14. The first-order valence-electron chi connectivity index (χ1n) is 7.22. The molecule has 0 aliphatic rings. The molecular formula is C16H22N2O2. The van der Waals surface area contributed by atoms with E-state index in [-0.39, 0.29) is 11.9 Å². The average Bonchev–Trinajstić information content (AvgIpc) is 2.76. The predicted octanol–water partition coefficient (Wildman–Crippen LogP) is 2.89. The zero-order chi connectivity index (χ0) is 14.5. The summed E-state index contributed by atoms with van der Waals surface area (Å²) in [7, 11) is 1.91. The number of ketones is 1. The first kappa shape index (κ1) is 14.7. The Morgan fingerprint density at radius 3 is 2.80 bits per heavy atom. The number of hydrogen-bond donors (Lipinski definition) is 0. The summed E-state index contributed by atoms with van der Waals surface area (Å²) in [6.45, 7) is 4.56. The van der Waals surface area contributed by atoms with Crippen molar-refractivity contribution in [2.45, 2.75) is 39.2 Å². The highest BCUT2D eigenvalue weighted by molar-refractivity contribution is 5.90. The van der Waals surface area contributed by atoms with Gasteiger partial charge < -0.3 is 4.74 Å². The molecule has 1 aromatic carbocycles. The molecular weight excluding hydrogens is 252 g/mol. The highest BCUT2D eigenvalue weighted by Gasteiger charge is 2.20. The number of ether oxygens (including phenoxy) is 1. The van der Waals surface area contributed by atoms with Gasteiger partial charge in [-0.2, -0.15) is 5.10 Å². The number of carbonyl (C=O) groups excluding carboxylic acids is 1. The van der Waals surface area contributed by atoms with Crippen molar-refractivity contribution in [1.82, 2.24) is 9.78 Å². The Kier molecular flexibility index (Phi) is 4.90. The van der Waals surface area contributed by atoms with Crippen LogP contribution in [0.3, 0.4) is 0 Å². The molecule has 0 saturated carbocycles. The summed E-state index contributed by atoms with van der Waals surface area (Å²) in [6, 6.07) is 7.99. The second kappa shape index (κ2) is 6.66. The normalized spacial score (nSPS) is 12.8. The van der Waals surface area contributed by atoms with Crippen LogP contribution in [0.15, 0.2) is 24.3 Å². The van der Waals surface area contributed by atoms with E-state index < -0.39 is 0 Å². The van der Waals surface area contributed by atoms with Crippen LogP contribution in [-0.2, 0) is 23.0 Å². The van der Waals surface area contributed by atoms with Crippen LogP contribution in [0, 0.1) is 0 Å². The fraction of sp³-hybridized carbons (Fsp3) is 0.500. The van der Waals surface area contributed by atoms with Gasteiger partial charge in [-0.25, -0.2) is 0 Å². The largest absolute Gasteiger partial charge is 0.371 e. The zero-order valence-electron chi connectivity index (χ0n) is 12.4. The van der Waals surface area contributed by atoms with Crippen molar-refractivity contribution < 1.29 is 9.53 Å². The van der Waals surface area contributed by atoms with Crippen molar-refractivity contribution in [1.29, 1.82) is 0 Å². The third-order valence-electron chi connectivity index (χ3n) is 3.45. The van der Waals surface area contributed by atoms with Gasteiger partial charge in [0.25, 0.3) is 0 Å². The molecule has 0 aliphatic carbocycles. The second-order valence-electron chi connectivity index (χ2n) is 4.96. The Labute approximate surface area is 119 Å². The fourth-order valence-electron chi connectivity index (χ4n) is 2.50. The van der Waals surface area contributed by atoms with E-state index in [0.29, 0.717) is 13.0 Å². The number of fused-ring (bicyclic) bond motifs is 1. The molecule has 4 nitrogen and oxygen atoms in total. The van der Waals surface area contributed by atoms with Crippen LogP contribution >= 0.6 is 0 Å². The molecule has 108 valence electrons. The van der Waals surface area contributed by atoms with Crippen molar-refractivity contribution in [3.63, 3.8) is 0 Å². The Morgan fingerprint density at radius 1 is 1.35 bits per heavy atom. The SMILES string of the molecule is CCCC(OCC)C(=O)Cc1nn(C)c2ccccc12. The maximum atomic E-state index is 12.4. The van der Waals surface area contributed by atoms with Gasteiger partial charge in [0, 0.05) is 19.0 Å². The van der Waals surface area contributed by atoms with Gasteiger partial charge in [-0.1, -0.05) is 31.5 Å². The van der Waals surface area contributed by atoms with Crippen molar-refractivity contribution in [2.24, 2.45) is 7.05 Å². The van der Waals surface area contributed by atoms with E-state index >= 15 is 0 Å². The predicted molar refractivity (Wildman–Crippen MR) is 79.7 cm³/mol. The number of benzene rings is 1. The Hall–Kier alpha value is -1.68. The number of aromatic nitrogens is 2. The van der Waals surface area contributed by atoms with E-state index in [2.05, 4.69) is 12.0 Å². The molecule has 0 spiro atoms. The maximum Gasteiger partial charge on any atom is 0.167 e. The van der Waals surface area contributed by atoms with E-state index in [4.69, 9.17) is 4.74 Å². The minimum absolute atomic E-state index is 0.123. The van der Waals surface area contributed by atoms with Crippen molar-refractivity contribution in [2.75, 3.05) is 6.61 Å². The van der Waals surface area contributed by atoms with Crippen LogP contribution < -0.4 is 0 Å². The second-order valence-corrected chi connectivity index (χ2v) is 4.96. The molecule has 0 aliphatic heterocycles. The standard InChI is InChI=1S/C16H22N2O2/c1-4-8-16(20-5-2)15(19)11-13-12-9-6-7-10-14(12)18(3)17-13/h6-7,9-10,16H,4-5,8,11H2,1-3H3. The van der Waals surface area contributed by atoms with Gasteiger partial charge in [0.1, 0.15) is 6.10 Å². The summed E-state index contributed by atoms with van der Waals surface area (Å²) in [4.78, 5) is 12.4. The number of nitrogens with zero attached hydrogens (tertiary/aromatic N) is 2. The fourth-order valence-corrected chi connectivity index (χ4v) is 2.50. The Morgan fingerprint density at radius 2 is 2.10 bits per heavy atom. The molecule has 1 heterocycles. The van der Waals surface area contributed by atoms with Gasteiger partial charge in [0.2, 0.25) is 0 Å². The zero-order valence-corrected chi connectivity index (χ0v) is 12.4. The highest BCUT2D eigenvalue weighted by Crippen LogP contribution is 2.19. The van der Waals surface area contributed by atoms with Crippen molar-refractivity contribution >= 4 is 16.7 Å². The molecule has 2 rings (SSSR count). The lowest BCUT2D eigenvalue weighted by atomic mass is 10.0. The van der Waals surface area contributed by atoms with Crippen molar-refractivity contribution in [3.05, 3.63) is 30.0 Å². The van der Waals surface area contributed by atoms with Crippen LogP contribution in [0.4, 0.5) is 0 Å². The number of rotatable bonds is 7. The third kappa shape index (κ3) is 3.07. The van der Waals surface area contributed by atoms with Gasteiger partial charge in [-0.3, -0.25) is 9.48 Å². The number of aryl methyl sites for hydroxylation is 1. The summed E-state index contributed by atoms with van der Waals surface area (Å²) in [5.41, 5.74) is 1.90. The molecule has 0 amide bonds. The Bertz CT molecular complexity index is 583. The molecule has 0 radical (unpaired) electrons. The Balaban J connectivity index is 2.20. The quantitative estimate of drug-likeness (QED) is 0.779. The van der Waals surface area contributed by atoms with E-state index in [1.165, 1.54) is 0 Å². The third-order valence-corrected chi connectivity index (χ3v) is 3.45. The van der Waals surface area contributed by atoms with Crippen LogP contribution in [0.1, 0.15) is 32.4 Å². The number of hydrogen-bond acceptors (Lipinski definition) is 3. The first-order chi connectivity index (χ1) is 9.67. The highest BCUT2D eigenvalue weighted by atomic mass is 16.5.